The van der Waals surface area contributed by atoms with Crippen LogP contribution in [-0.2, 0) is 4.79 Å². The minimum absolute atomic E-state index is 0. The largest absolute Gasteiger partial charge is 1.00 e. The number of primary amides is 1. The number of carboxylic acid groups (broad SMARTS) is 2. The number of nitrogens with two attached hydrogens (primary N) is 1. The number of hydrogen-bond donors (Lipinski definition) is 5. The number of carbonyl (C=O) groups is 3. The number of aliphatic hydroxyl groups is 1. The fourth-order valence-corrected chi connectivity index (χ4v) is 0.177. The summed E-state index contributed by atoms with van der Waals surface area (Å²) in [5.41, 5.74) is 4.49. The van der Waals surface area contributed by atoms with Crippen LogP contribution in [0.4, 0.5) is 9.59 Å². The Morgan fingerprint density at radius 3 is 1.69 bits per heavy atom. The Balaban J connectivity index is -0.0000000733. The van der Waals surface area contributed by atoms with Crippen LogP contribution in [0.5, 0.6) is 0 Å². The summed E-state index contributed by atoms with van der Waals surface area (Å²) in [6.07, 6.45) is -1.83. The van der Waals surface area contributed by atoms with Gasteiger partial charge in [-0.05, 0) is 0 Å². The van der Waals surface area contributed by atoms with E-state index in [9.17, 15) is 9.59 Å². The summed E-state index contributed by atoms with van der Waals surface area (Å²) in [6.45, 7) is -0.719. The van der Waals surface area contributed by atoms with Gasteiger partial charge in [0, 0.05) is 0 Å². The van der Waals surface area contributed by atoms with Gasteiger partial charge in [0.1, 0.15) is 6.61 Å². The van der Waals surface area contributed by atoms with Crippen molar-refractivity contribution in [3.63, 3.8) is 0 Å². The van der Waals surface area contributed by atoms with Crippen LogP contribution in [0.3, 0.4) is 0 Å². The molecule has 0 saturated carbocycles. The van der Waals surface area contributed by atoms with Crippen molar-refractivity contribution < 1.29 is 60.7 Å². The molecule has 0 rings (SSSR count). The van der Waals surface area contributed by atoms with E-state index < -0.39 is 24.7 Å². The molecule has 8 nitrogen and oxygen atoms in total. The van der Waals surface area contributed by atoms with Gasteiger partial charge in [-0.15, -0.1) is 0 Å². The molecule has 0 radical (unpaired) electrons. The number of nitrogens with one attached hydrogen (secondary N) is 1. The zero-order chi connectivity index (χ0) is 10.1. The molecule has 13 heavy (non-hydrogen) atoms. The molecule has 0 aromatic carbocycles. The van der Waals surface area contributed by atoms with E-state index in [-0.39, 0.29) is 31.0 Å². The molecule has 0 aliphatic rings. The van der Waals surface area contributed by atoms with Gasteiger partial charge in [-0.1, -0.05) is 0 Å². The van der Waals surface area contributed by atoms with Crippen LogP contribution in [-0.4, -0.2) is 40.0 Å². The Bertz CT molecular complexity index is 185. The SMILES string of the molecule is NC(=O)NC(=O)CO.O=C(O)O.[H-].[Na+]. The predicted molar refractivity (Wildman–Crippen MR) is 36.6 cm³/mol. The van der Waals surface area contributed by atoms with E-state index in [1.807, 2.05) is 0 Å². The van der Waals surface area contributed by atoms with Crippen molar-refractivity contribution in [2.75, 3.05) is 6.61 Å². The van der Waals surface area contributed by atoms with Crippen LogP contribution in [0.25, 0.3) is 0 Å². The monoisotopic (exact) mass is 204 g/mol. The van der Waals surface area contributed by atoms with Crippen molar-refractivity contribution in [3.05, 3.63) is 0 Å². The molecule has 3 amide bonds. The Hall–Kier alpha value is -0.830. The summed E-state index contributed by atoms with van der Waals surface area (Å²) in [5.74, 6) is -0.794. The van der Waals surface area contributed by atoms with Crippen LogP contribution in [0.1, 0.15) is 1.43 Å². The number of aliphatic hydroxyl groups excluding tert-OH is 1. The molecule has 0 atom stereocenters. The third kappa shape index (κ3) is 35.1. The molecule has 0 aliphatic heterocycles. The van der Waals surface area contributed by atoms with Gasteiger partial charge in [0.05, 0.1) is 0 Å². The molecule has 0 unspecified atom stereocenters. The van der Waals surface area contributed by atoms with E-state index in [4.69, 9.17) is 20.1 Å². The van der Waals surface area contributed by atoms with Crippen LogP contribution < -0.4 is 40.6 Å². The summed E-state index contributed by atoms with van der Waals surface area (Å²) in [6, 6.07) is -0.955. The summed E-state index contributed by atoms with van der Waals surface area (Å²) in [4.78, 5) is 28.3. The Morgan fingerprint density at radius 2 is 1.62 bits per heavy atom. The molecule has 0 bridgehead atoms. The van der Waals surface area contributed by atoms with E-state index in [1.54, 1.807) is 5.32 Å². The maximum Gasteiger partial charge on any atom is 1.00 e. The van der Waals surface area contributed by atoms with E-state index in [0.29, 0.717) is 0 Å². The molecule has 0 aliphatic carbocycles. The number of carbonyl (C=O) groups excluding carboxylic acids is 2. The fraction of sp³-hybridized carbons (Fsp3) is 0.250. The third-order valence-electron chi connectivity index (χ3n) is 0.406. The minimum atomic E-state index is -1.83. The van der Waals surface area contributed by atoms with Crippen LogP contribution >= 0.6 is 0 Å². The molecule has 0 aromatic rings. The third-order valence-corrected chi connectivity index (χ3v) is 0.406. The van der Waals surface area contributed by atoms with Crippen LogP contribution in [0, 0.1) is 0 Å². The first-order chi connectivity index (χ1) is 5.40. The Morgan fingerprint density at radius 1 is 1.31 bits per heavy atom. The van der Waals surface area contributed by atoms with Crippen molar-refractivity contribution in [2.45, 2.75) is 0 Å². The first kappa shape index (κ1) is 18.1. The van der Waals surface area contributed by atoms with Crippen molar-refractivity contribution >= 4 is 18.1 Å². The van der Waals surface area contributed by atoms with E-state index in [2.05, 4.69) is 5.73 Å². The Kier molecular flexibility index (Phi) is 15.5. The molecule has 6 N–H and O–H groups in total. The average Bonchev–Trinajstić information content (AvgIpc) is 1.84. The molecule has 0 saturated heterocycles. The van der Waals surface area contributed by atoms with Crippen LogP contribution in [0.2, 0.25) is 0 Å². The molecule has 9 heteroatoms. The Labute approximate surface area is 96.5 Å². The van der Waals surface area contributed by atoms with Crippen molar-refractivity contribution in [1.29, 1.82) is 0 Å². The van der Waals surface area contributed by atoms with Crippen molar-refractivity contribution in [1.82, 2.24) is 5.32 Å². The number of urea groups is 1. The molecule has 72 valence electrons. The number of imide groups is 1. The molecule has 0 aromatic heterocycles. The molecular weight excluding hydrogens is 195 g/mol. The quantitative estimate of drug-likeness (QED) is 0.272. The van der Waals surface area contributed by atoms with Gasteiger partial charge in [0.25, 0.3) is 5.91 Å². The second-order valence-electron chi connectivity index (χ2n) is 1.35. The van der Waals surface area contributed by atoms with Gasteiger partial charge >= 0.3 is 41.7 Å². The number of rotatable bonds is 1. The van der Waals surface area contributed by atoms with Crippen molar-refractivity contribution in [3.8, 4) is 0 Å². The van der Waals surface area contributed by atoms with Gasteiger partial charge in [0.15, 0.2) is 0 Å². The van der Waals surface area contributed by atoms with Crippen molar-refractivity contribution in [2.24, 2.45) is 5.73 Å². The maximum absolute atomic E-state index is 9.96. The second kappa shape index (κ2) is 11.2. The molecule has 0 spiro atoms. The smallest absolute Gasteiger partial charge is 1.00 e. The topological polar surface area (TPSA) is 150 Å². The summed E-state index contributed by atoms with van der Waals surface area (Å²) < 4.78 is 0. The van der Waals surface area contributed by atoms with E-state index in [1.165, 1.54) is 0 Å². The molecule has 0 heterocycles. The van der Waals surface area contributed by atoms with Gasteiger partial charge < -0.3 is 22.5 Å². The second-order valence-corrected chi connectivity index (χ2v) is 1.35. The minimum Gasteiger partial charge on any atom is -1.00 e. The first-order valence-corrected chi connectivity index (χ1v) is 2.52. The normalized spacial score (nSPS) is 6.85. The zero-order valence-electron chi connectivity index (χ0n) is 7.85. The van der Waals surface area contributed by atoms with E-state index >= 15 is 0 Å². The predicted octanol–water partition coefficient (Wildman–Crippen LogP) is -4.49. The standard InChI is InChI=1S/C3H6N2O3.CH2O3.Na.H/c4-3(8)5-2(7)1-6;2-1(3)4;;/h6H,1H2,(H3,4,5,7,8);(H2,2,3,4);;/q;;+1;-1. The average molecular weight is 204 g/mol. The summed E-state index contributed by atoms with van der Waals surface area (Å²) >= 11 is 0. The summed E-state index contributed by atoms with van der Waals surface area (Å²) in [7, 11) is 0. The van der Waals surface area contributed by atoms with E-state index in [0.717, 1.165) is 0 Å². The van der Waals surface area contributed by atoms with Gasteiger partial charge in [-0.3, -0.25) is 10.1 Å². The molecular formula is C4H9N2NaO6. The zero-order valence-corrected chi connectivity index (χ0v) is 8.85. The molecule has 0 fully saturated rings. The first-order valence-electron chi connectivity index (χ1n) is 2.52. The fourth-order valence-electron chi connectivity index (χ4n) is 0.177. The van der Waals surface area contributed by atoms with Crippen LogP contribution in [0.15, 0.2) is 0 Å². The summed E-state index contributed by atoms with van der Waals surface area (Å²) in [5, 5.41) is 23.6. The van der Waals surface area contributed by atoms with Gasteiger partial charge in [-0.25, -0.2) is 9.59 Å². The number of amides is 3. The van der Waals surface area contributed by atoms with Gasteiger partial charge in [-0.2, -0.15) is 0 Å². The number of hydrogen-bond acceptors (Lipinski definition) is 4. The maximum atomic E-state index is 9.96. The van der Waals surface area contributed by atoms with Gasteiger partial charge in [0.2, 0.25) is 0 Å².